The standard InChI is InChI=1S/C32H31Cl2N5O4/c1-19(40)17-21-7-6-16-39(21)18-20-12-13-26(37-31(20)43-3)24-10-4-8-22(28(24)33)23-9-5-11-27(29(23)34)36-30(41)25-14-15-35-38(2)32(25)42/h4-5,8-15,21H,6-7,16-18H2,1-3H3,(H,36,41). The molecule has 43 heavy (non-hydrogen) atoms. The molecule has 2 aromatic heterocycles. The lowest BCUT2D eigenvalue weighted by Gasteiger charge is -2.24. The molecule has 1 aliphatic rings. The van der Waals surface area contributed by atoms with Crippen LogP contribution >= 0.6 is 23.2 Å². The van der Waals surface area contributed by atoms with E-state index in [1.54, 1.807) is 32.2 Å². The lowest BCUT2D eigenvalue weighted by Crippen LogP contribution is -2.30. The van der Waals surface area contributed by atoms with E-state index in [2.05, 4.69) is 15.3 Å². The number of likely N-dealkylation sites (tertiary alicyclic amines) is 1. The maximum Gasteiger partial charge on any atom is 0.279 e. The Balaban J connectivity index is 1.43. The molecule has 1 aliphatic heterocycles. The molecule has 1 fully saturated rings. The number of carbonyl (C=O) groups excluding carboxylic acids is 2. The van der Waals surface area contributed by atoms with E-state index >= 15 is 0 Å². The lowest BCUT2D eigenvalue weighted by atomic mass is 10.00. The highest BCUT2D eigenvalue weighted by molar-refractivity contribution is 6.39. The number of aromatic nitrogens is 3. The van der Waals surface area contributed by atoms with Gasteiger partial charge in [0.25, 0.3) is 11.5 Å². The Morgan fingerprint density at radius 1 is 1.02 bits per heavy atom. The van der Waals surface area contributed by atoms with Crippen LogP contribution in [-0.2, 0) is 18.4 Å². The summed E-state index contributed by atoms with van der Waals surface area (Å²) in [6.07, 6.45) is 3.99. The molecule has 222 valence electrons. The molecule has 0 spiro atoms. The minimum atomic E-state index is -0.597. The molecule has 0 radical (unpaired) electrons. The average Bonchev–Trinajstić information content (AvgIpc) is 3.41. The number of rotatable bonds is 9. The fourth-order valence-electron chi connectivity index (χ4n) is 5.44. The van der Waals surface area contributed by atoms with Gasteiger partial charge in [0.2, 0.25) is 5.88 Å². The quantitative estimate of drug-likeness (QED) is 0.244. The lowest BCUT2D eigenvalue weighted by molar-refractivity contribution is -0.118. The zero-order chi connectivity index (χ0) is 30.7. The van der Waals surface area contributed by atoms with E-state index in [4.69, 9.17) is 32.9 Å². The number of anilines is 1. The number of ether oxygens (including phenoxy) is 1. The van der Waals surface area contributed by atoms with Crippen LogP contribution in [0.4, 0.5) is 5.69 Å². The maximum absolute atomic E-state index is 12.9. The van der Waals surface area contributed by atoms with Crippen molar-refractivity contribution in [1.82, 2.24) is 19.7 Å². The number of nitrogens with zero attached hydrogens (tertiary/aromatic N) is 4. The smallest absolute Gasteiger partial charge is 0.279 e. The van der Waals surface area contributed by atoms with E-state index in [1.807, 2.05) is 30.3 Å². The summed E-state index contributed by atoms with van der Waals surface area (Å²) in [5, 5.41) is 7.28. The molecule has 1 saturated heterocycles. The molecule has 0 aliphatic carbocycles. The van der Waals surface area contributed by atoms with Crippen LogP contribution in [0, 0.1) is 0 Å². The van der Waals surface area contributed by atoms with E-state index in [0.717, 1.165) is 29.6 Å². The third kappa shape index (κ3) is 6.49. The Morgan fingerprint density at radius 2 is 1.74 bits per heavy atom. The van der Waals surface area contributed by atoms with Crippen molar-refractivity contribution in [3.8, 4) is 28.3 Å². The zero-order valence-corrected chi connectivity index (χ0v) is 25.6. The van der Waals surface area contributed by atoms with Crippen LogP contribution in [0.15, 0.2) is 65.6 Å². The molecule has 0 bridgehead atoms. The van der Waals surface area contributed by atoms with Crippen LogP contribution in [0.1, 0.15) is 42.1 Å². The van der Waals surface area contributed by atoms with Gasteiger partial charge in [-0.3, -0.25) is 19.3 Å². The predicted molar refractivity (Wildman–Crippen MR) is 168 cm³/mol. The number of carbonyl (C=O) groups is 2. The summed E-state index contributed by atoms with van der Waals surface area (Å²) < 4.78 is 6.76. The summed E-state index contributed by atoms with van der Waals surface area (Å²) in [6, 6.07) is 16.3. The van der Waals surface area contributed by atoms with Crippen molar-refractivity contribution in [3.05, 3.63) is 92.3 Å². The predicted octanol–water partition coefficient (Wildman–Crippen LogP) is 6.02. The minimum Gasteiger partial charge on any atom is -0.481 e. The summed E-state index contributed by atoms with van der Waals surface area (Å²) >= 11 is 13.7. The van der Waals surface area contributed by atoms with Gasteiger partial charge in [0, 0.05) is 54.5 Å². The summed E-state index contributed by atoms with van der Waals surface area (Å²) in [5.41, 5.74) is 3.25. The van der Waals surface area contributed by atoms with Gasteiger partial charge in [-0.25, -0.2) is 9.67 Å². The monoisotopic (exact) mass is 619 g/mol. The Bertz CT molecular complexity index is 1760. The molecule has 1 N–H and O–H groups in total. The minimum absolute atomic E-state index is 0.0541. The van der Waals surface area contributed by atoms with E-state index in [-0.39, 0.29) is 22.4 Å². The molecule has 3 heterocycles. The Hall–Kier alpha value is -4.05. The van der Waals surface area contributed by atoms with Crippen molar-refractivity contribution in [2.45, 2.75) is 38.8 Å². The second-order valence-electron chi connectivity index (χ2n) is 10.5. The third-order valence-electron chi connectivity index (χ3n) is 7.59. The first kappa shape index (κ1) is 30.4. The van der Waals surface area contributed by atoms with Crippen molar-refractivity contribution in [2.75, 3.05) is 19.0 Å². The molecular formula is C32H31Cl2N5O4. The number of pyridine rings is 1. The molecule has 1 unspecified atom stereocenters. The number of hydrogen-bond acceptors (Lipinski definition) is 7. The summed E-state index contributed by atoms with van der Waals surface area (Å²) in [6.45, 7) is 3.20. The average molecular weight is 621 g/mol. The highest BCUT2D eigenvalue weighted by Crippen LogP contribution is 2.41. The Labute approximate surface area is 259 Å². The fourth-order valence-corrected chi connectivity index (χ4v) is 6.04. The van der Waals surface area contributed by atoms with Gasteiger partial charge in [-0.15, -0.1) is 0 Å². The third-order valence-corrected chi connectivity index (χ3v) is 8.40. The number of ketones is 1. The maximum atomic E-state index is 12.9. The number of nitrogens with one attached hydrogen (secondary N) is 1. The molecule has 11 heteroatoms. The van der Waals surface area contributed by atoms with Crippen LogP contribution in [0.3, 0.4) is 0 Å². The van der Waals surface area contributed by atoms with Gasteiger partial charge < -0.3 is 10.1 Å². The topological polar surface area (TPSA) is 106 Å². The van der Waals surface area contributed by atoms with E-state index in [9.17, 15) is 14.4 Å². The van der Waals surface area contributed by atoms with Gasteiger partial charge in [-0.1, -0.05) is 59.6 Å². The van der Waals surface area contributed by atoms with Gasteiger partial charge >= 0.3 is 0 Å². The Kier molecular flexibility index (Phi) is 9.25. The number of aryl methyl sites for hydroxylation is 1. The molecule has 1 amide bonds. The van der Waals surface area contributed by atoms with Crippen molar-refractivity contribution >= 4 is 40.6 Å². The van der Waals surface area contributed by atoms with Crippen LogP contribution in [0.2, 0.25) is 10.0 Å². The summed E-state index contributed by atoms with van der Waals surface area (Å²) in [4.78, 5) is 44.1. The zero-order valence-electron chi connectivity index (χ0n) is 24.1. The van der Waals surface area contributed by atoms with E-state index < -0.39 is 11.5 Å². The number of methoxy groups -OCH3 is 1. The summed E-state index contributed by atoms with van der Waals surface area (Å²) in [5.74, 6) is 0.0941. The largest absolute Gasteiger partial charge is 0.481 e. The first-order valence-electron chi connectivity index (χ1n) is 13.9. The van der Waals surface area contributed by atoms with Crippen LogP contribution in [0.25, 0.3) is 22.4 Å². The number of hydrogen-bond donors (Lipinski definition) is 1. The SMILES string of the molecule is COc1nc(-c2cccc(-c3cccc(NC(=O)c4ccnn(C)c4=O)c3Cl)c2Cl)ccc1CN1CCCC1CC(C)=O. The highest BCUT2D eigenvalue weighted by atomic mass is 35.5. The fraction of sp³-hybridized carbons (Fsp3) is 0.281. The van der Waals surface area contributed by atoms with Gasteiger partial charge in [-0.05, 0) is 44.5 Å². The second-order valence-corrected chi connectivity index (χ2v) is 11.3. The van der Waals surface area contributed by atoms with Gasteiger partial charge in [-0.2, -0.15) is 5.10 Å². The van der Waals surface area contributed by atoms with Crippen LogP contribution in [0.5, 0.6) is 5.88 Å². The molecule has 4 aromatic rings. The Morgan fingerprint density at radius 3 is 2.49 bits per heavy atom. The van der Waals surface area contributed by atoms with Crippen molar-refractivity contribution in [1.29, 1.82) is 0 Å². The van der Waals surface area contributed by atoms with Crippen molar-refractivity contribution < 1.29 is 14.3 Å². The molecule has 5 rings (SSSR count). The number of halogens is 2. The van der Waals surface area contributed by atoms with E-state index in [1.165, 1.54) is 19.3 Å². The highest BCUT2D eigenvalue weighted by Gasteiger charge is 2.27. The van der Waals surface area contributed by atoms with Crippen LogP contribution < -0.4 is 15.6 Å². The molecule has 1 atom stereocenters. The molecule has 9 nitrogen and oxygen atoms in total. The first-order valence-corrected chi connectivity index (χ1v) is 14.6. The number of benzene rings is 2. The van der Waals surface area contributed by atoms with Gasteiger partial charge in [0.15, 0.2) is 0 Å². The van der Waals surface area contributed by atoms with Crippen LogP contribution in [-0.4, -0.2) is 51.1 Å². The number of Topliss-reactive ketones (excluding diaryl/α,β-unsaturated/α-hetero) is 1. The van der Waals surface area contributed by atoms with E-state index in [0.29, 0.717) is 51.9 Å². The molecular weight excluding hydrogens is 589 g/mol. The first-order chi connectivity index (χ1) is 20.7. The normalized spacial score (nSPS) is 15.0. The van der Waals surface area contributed by atoms with Gasteiger partial charge in [0.05, 0.1) is 28.5 Å². The van der Waals surface area contributed by atoms with Crippen molar-refractivity contribution in [2.24, 2.45) is 7.05 Å². The second kappa shape index (κ2) is 13.1. The summed E-state index contributed by atoms with van der Waals surface area (Å²) in [7, 11) is 3.06. The van der Waals surface area contributed by atoms with Crippen molar-refractivity contribution in [3.63, 3.8) is 0 Å². The molecule has 2 aromatic carbocycles. The number of amides is 1. The van der Waals surface area contributed by atoms with Gasteiger partial charge in [0.1, 0.15) is 11.3 Å². The molecule has 0 saturated carbocycles.